The minimum absolute atomic E-state index is 0.405. The Kier molecular flexibility index (Phi) is 6.56. The molecule has 0 fully saturated rings. The highest BCUT2D eigenvalue weighted by Gasteiger charge is 2.19. The highest BCUT2D eigenvalue weighted by molar-refractivity contribution is 7.79. The smallest absolute Gasteiger partial charge is 0.394 e. The lowest BCUT2D eigenvalue weighted by Crippen LogP contribution is -2.30. The molecule has 0 radical (unpaired) electrons. The van der Waals surface area contributed by atoms with Crippen molar-refractivity contribution >= 4 is 10.4 Å². The number of benzene rings is 1. The van der Waals surface area contributed by atoms with E-state index < -0.39 is 16.2 Å². The zero-order chi connectivity index (χ0) is 14.2. The van der Waals surface area contributed by atoms with Crippen molar-refractivity contribution in [2.75, 3.05) is 0 Å². The van der Waals surface area contributed by atoms with Crippen molar-refractivity contribution in [3.63, 3.8) is 0 Å². The zero-order valence-electron chi connectivity index (χ0n) is 9.85. The van der Waals surface area contributed by atoms with Crippen molar-refractivity contribution in [2.24, 2.45) is 0 Å². The molecule has 18 heavy (non-hydrogen) atoms. The van der Waals surface area contributed by atoms with Crippen LogP contribution >= 0.6 is 0 Å². The predicted octanol–water partition coefficient (Wildman–Crippen LogP) is 1.70. The summed E-state index contributed by atoms with van der Waals surface area (Å²) in [6.45, 7) is 5.16. The average Bonchev–Trinajstić information content (AvgIpc) is 2.15. The molecule has 1 aromatic carbocycles. The van der Waals surface area contributed by atoms with Gasteiger partial charge in [-0.1, -0.05) is 24.3 Å². The summed E-state index contributed by atoms with van der Waals surface area (Å²) < 4.78 is 36.9. The molecule has 1 rings (SSSR count). The Hall–Kier alpha value is -1.41. The molecule has 0 amide bonds. The van der Waals surface area contributed by atoms with Crippen LogP contribution in [0.3, 0.4) is 0 Å². The van der Waals surface area contributed by atoms with E-state index in [1.165, 1.54) is 0 Å². The van der Waals surface area contributed by atoms with Gasteiger partial charge in [-0.3, -0.25) is 9.11 Å². The fourth-order valence-corrected chi connectivity index (χ4v) is 1.05. The molecule has 1 unspecified atom stereocenters. The molecule has 0 aliphatic carbocycles. The van der Waals surface area contributed by atoms with Crippen LogP contribution in [0.15, 0.2) is 43.0 Å². The van der Waals surface area contributed by atoms with Crippen LogP contribution in [0.25, 0.3) is 0 Å². The van der Waals surface area contributed by atoms with Gasteiger partial charge in [0.1, 0.15) is 5.75 Å². The Balaban J connectivity index is 0.000000494. The van der Waals surface area contributed by atoms with Gasteiger partial charge in [-0.25, -0.2) is 0 Å². The van der Waals surface area contributed by atoms with E-state index in [1.807, 2.05) is 18.2 Å². The Morgan fingerprint density at radius 2 is 1.78 bits per heavy atom. The van der Waals surface area contributed by atoms with Gasteiger partial charge in [0.25, 0.3) is 0 Å². The van der Waals surface area contributed by atoms with Crippen molar-refractivity contribution in [3.8, 4) is 5.75 Å². The molecule has 7 heteroatoms. The summed E-state index contributed by atoms with van der Waals surface area (Å²) in [5.41, 5.74) is 0. The largest absolute Gasteiger partial charge is 0.463 e. The molecule has 0 aliphatic rings. The molecule has 0 aromatic heterocycles. The molecule has 0 heterocycles. The van der Waals surface area contributed by atoms with Gasteiger partial charge in [0.2, 0.25) is 5.79 Å². The second-order valence-corrected chi connectivity index (χ2v) is 4.43. The third-order valence-electron chi connectivity index (χ3n) is 1.60. The standard InChI is InChI=1S/C11H14O2.H2O4S/c1-3-9-11(2,12)13-10-7-5-4-6-8-10;1-5(2,3)4/h3-8,12H,1,9H2,2H3;(H2,1,2,3,4). The number of ether oxygens (including phenoxy) is 1. The van der Waals surface area contributed by atoms with E-state index in [0.29, 0.717) is 12.2 Å². The van der Waals surface area contributed by atoms with E-state index in [-0.39, 0.29) is 0 Å². The van der Waals surface area contributed by atoms with E-state index in [1.54, 1.807) is 25.1 Å². The Labute approximate surface area is 106 Å². The molecule has 0 bridgehead atoms. The first-order chi connectivity index (χ1) is 8.14. The van der Waals surface area contributed by atoms with Crippen LogP contribution in [0.5, 0.6) is 5.75 Å². The highest BCUT2D eigenvalue weighted by Crippen LogP contribution is 2.18. The van der Waals surface area contributed by atoms with Crippen LogP contribution in [0.2, 0.25) is 0 Å². The van der Waals surface area contributed by atoms with E-state index >= 15 is 0 Å². The quantitative estimate of drug-likeness (QED) is 0.439. The van der Waals surface area contributed by atoms with E-state index in [9.17, 15) is 5.11 Å². The Morgan fingerprint density at radius 1 is 1.33 bits per heavy atom. The SMILES string of the molecule is C=CCC(C)(O)Oc1ccccc1.O=S(=O)(O)O. The van der Waals surface area contributed by atoms with E-state index in [4.69, 9.17) is 22.3 Å². The summed E-state index contributed by atoms with van der Waals surface area (Å²) in [7, 11) is -4.67. The lowest BCUT2D eigenvalue weighted by Gasteiger charge is -2.23. The molecule has 102 valence electrons. The maximum atomic E-state index is 9.67. The van der Waals surface area contributed by atoms with Gasteiger partial charge in [0.05, 0.1) is 0 Å². The maximum absolute atomic E-state index is 9.67. The minimum Gasteiger partial charge on any atom is -0.463 e. The zero-order valence-corrected chi connectivity index (χ0v) is 10.7. The van der Waals surface area contributed by atoms with Crippen molar-refractivity contribution in [2.45, 2.75) is 19.1 Å². The molecule has 1 aromatic rings. The van der Waals surface area contributed by atoms with Gasteiger partial charge in [-0.2, -0.15) is 8.42 Å². The van der Waals surface area contributed by atoms with Crippen molar-refractivity contribution < 1.29 is 27.4 Å². The molecule has 0 saturated heterocycles. The van der Waals surface area contributed by atoms with Gasteiger partial charge < -0.3 is 9.84 Å². The molecule has 1 atom stereocenters. The van der Waals surface area contributed by atoms with Crippen molar-refractivity contribution in [1.29, 1.82) is 0 Å². The highest BCUT2D eigenvalue weighted by atomic mass is 32.3. The Morgan fingerprint density at radius 3 is 2.17 bits per heavy atom. The molecular weight excluding hydrogens is 260 g/mol. The second kappa shape index (κ2) is 7.12. The molecule has 0 saturated carbocycles. The van der Waals surface area contributed by atoms with Crippen LogP contribution < -0.4 is 4.74 Å². The summed E-state index contributed by atoms with van der Waals surface area (Å²) in [6, 6.07) is 9.23. The molecule has 0 aliphatic heterocycles. The van der Waals surface area contributed by atoms with Gasteiger partial charge in [-0.05, 0) is 12.1 Å². The monoisotopic (exact) mass is 276 g/mol. The van der Waals surface area contributed by atoms with Gasteiger partial charge in [0.15, 0.2) is 0 Å². The molecule has 0 spiro atoms. The number of para-hydroxylation sites is 1. The maximum Gasteiger partial charge on any atom is 0.394 e. The van der Waals surface area contributed by atoms with Crippen molar-refractivity contribution in [3.05, 3.63) is 43.0 Å². The minimum atomic E-state index is -4.67. The van der Waals surface area contributed by atoms with E-state index in [0.717, 1.165) is 0 Å². The van der Waals surface area contributed by atoms with Crippen LogP contribution in [0.1, 0.15) is 13.3 Å². The van der Waals surface area contributed by atoms with Crippen LogP contribution in [0.4, 0.5) is 0 Å². The van der Waals surface area contributed by atoms with Crippen LogP contribution in [-0.2, 0) is 10.4 Å². The fraction of sp³-hybridized carbons (Fsp3) is 0.273. The first-order valence-electron chi connectivity index (χ1n) is 4.91. The third-order valence-corrected chi connectivity index (χ3v) is 1.60. The fourth-order valence-electron chi connectivity index (χ4n) is 1.05. The first kappa shape index (κ1) is 16.6. The molecular formula is C11H16O6S. The average molecular weight is 276 g/mol. The number of aliphatic hydroxyl groups is 1. The van der Waals surface area contributed by atoms with Crippen molar-refractivity contribution in [1.82, 2.24) is 0 Å². The lowest BCUT2D eigenvalue weighted by molar-refractivity contribution is -0.118. The van der Waals surface area contributed by atoms with Crippen LogP contribution in [0, 0.1) is 0 Å². The normalized spacial score (nSPS) is 13.8. The Bertz CT molecular complexity index is 444. The van der Waals surface area contributed by atoms with Gasteiger partial charge in [0, 0.05) is 13.3 Å². The summed E-state index contributed by atoms with van der Waals surface area (Å²) >= 11 is 0. The van der Waals surface area contributed by atoms with Crippen LogP contribution in [-0.4, -0.2) is 28.4 Å². The van der Waals surface area contributed by atoms with E-state index in [2.05, 4.69) is 6.58 Å². The first-order valence-corrected chi connectivity index (χ1v) is 6.31. The topological polar surface area (TPSA) is 104 Å². The second-order valence-electron chi connectivity index (χ2n) is 3.53. The molecule has 6 nitrogen and oxygen atoms in total. The summed E-state index contributed by atoms with van der Waals surface area (Å²) in [5.74, 6) is -0.502. The third kappa shape index (κ3) is 11.1. The predicted molar refractivity (Wildman–Crippen MR) is 66.7 cm³/mol. The van der Waals surface area contributed by atoms with Gasteiger partial charge >= 0.3 is 10.4 Å². The van der Waals surface area contributed by atoms with Gasteiger partial charge in [-0.15, -0.1) is 6.58 Å². The summed E-state index contributed by atoms with van der Waals surface area (Å²) in [5, 5.41) is 9.67. The molecule has 3 N–H and O–H groups in total. The number of rotatable bonds is 4. The number of hydrogen-bond acceptors (Lipinski definition) is 4. The summed E-state index contributed by atoms with van der Waals surface area (Å²) in [6.07, 6.45) is 2.03. The lowest BCUT2D eigenvalue weighted by atomic mass is 10.2. The summed E-state index contributed by atoms with van der Waals surface area (Å²) in [4.78, 5) is 0. The number of hydrogen-bond donors (Lipinski definition) is 3.